The van der Waals surface area contributed by atoms with Crippen LogP contribution in [0.5, 0.6) is 5.75 Å². The van der Waals surface area contributed by atoms with Gasteiger partial charge in [-0.3, -0.25) is 0 Å². The highest BCUT2D eigenvalue weighted by Gasteiger charge is 2.40. The molecule has 0 N–H and O–H groups in total. The molecule has 1 heterocycles. The highest BCUT2D eigenvalue weighted by Crippen LogP contribution is 2.41. The molecule has 0 spiro atoms. The normalized spacial score (nSPS) is 26.9. The first kappa shape index (κ1) is 13.9. The molecule has 1 aliphatic carbocycles. The molecule has 0 radical (unpaired) electrons. The van der Waals surface area contributed by atoms with Gasteiger partial charge in [0, 0.05) is 18.5 Å². The first-order valence-electron chi connectivity index (χ1n) is 8.12. The van der Waals surface area contributed by atoms with Crippen molar-refractivity contribution >= 4 is 0 Å². The Hall–Kier alpha value is -1.02. The molecule has 1 atom stereocenters. The number of rotatable bonds is 6. The van der Waals surface area contributed by atoms with Crippen molar-refractivity contribution < 1.29 is 4.74 Å². The third-order valence-electron chi connectivity index (χ3n) is 5.06. The fourth-order valence-electron chi connectivity index (χ4n) is 3.80. The summed E-state index contributed by atoms with van der Waals surface area (Å²) in [6.45, 7) is 6.15. The van der Waals surface area contributed by atoms with Crippen LogP contribution in [-0.2, 0) is 5.41 Å². The molecule has 2 fully saturated rings. The number of nitrogens with zero attached hydrogens (tertiary/aromatic N) is 1. The zero-order valence-corrected chi connectivity index (χ0v) is 12.9. The molecule has 2 nitrogen and oxygen atoms in total. The molecule has 110 valence electrons. The summed E-state index contributed by atoms with van der Waals surface area (Å²) in [6, 6.07) is 8.77. The third-order valence-corrected chi connectivity index (χ3v) is 5.06. The van der Waals surface area contributed by atoms with Crippen LogP contribution in [0.2, 0.25) is 0 Å². The lowest BCUT2D eigenvalue weighted by atomic mass is 9.76. The van der Waals surface area contributed by atoms with Crippen molar-refractivity contribution in [1.82, 2.24) is 4.90 Å². The number of hydrogen-bond donors (Lipinski definition) is 0. The molecule has 2 aliphatic rings. The smallest absolute Gasteiger partial charge is 0.119 e. The van der Waals surface area contributed by atoms with Crippen LogP contribution in [0, 0.1) is 5.92 Å². The van der Waals surface area contributed by atoms with Gasteiger partial charge in [0.1, 0.15) is 5.75 Å². The van der Waals surface area contributed by atoms with Crippen molar-refractivity contribution in [3.05, 3.63) is 29.8 Å². The molecule has 2 heteroatoms. The van der Waals surface area contributed by atoms with Gasteiger partial charge in [-0.25, -0.2) is 0 Å². The van der Waals surface area contributed by atoms with Crippen molar-refractivity contribution in [3.8, 4) is 5.75 Å². The summed E-state index contributed by atoms with van der Waals surface area (Å²) in [4.78, 5) is 2.70. The van der Waals surface area contributed by atoms with Gasteiger partial charge in [-0.05, 0) is 55.8 Å². The molecule has 3 rings (SSSR count). The van der Waals surface area contributed by atoms with Gasteiger partial charge < -0.3 is 9.64 Å². The van der Waals surface area contributed by atoms with Crippen LogP contribution in [-0.4, -0.2) is 31.6 Å². The molecular weight excluding hydrogens is 246 g/mol. The van der Waals surface area contributed by atoms with Crippen LogP contribution in [0.3, 0.4) is 0 Å². The van der Waals surface area contributed by atoms with E-state index >= 15 is 0 Å². The summed E-state index contributed by atoms with van der Waals surface area (Å²) >= 11 is 0. The zero-order chi connectivity index (χ0) is 14.0. The largest absolute Gasteiger partial charge is 0.497 e. The quantitative estimate of drug-likeness (QED) is 0.780. The van der Waals surface area contributed by atoms with Crippen molar-refractivity contribution in [2.45, 2.75) is 44.4 Å². The van der Waals surface area contributed by atoms with E-state index in [4.69, 9.17) is 4.74 Å². The molecule has 1 aromatic rings. The lowest BCUT2D eigenvalue weighted by Crippen LogP contribution is -2.32. The Morgan fingerprint density at radius 2 is 2.20 bits per heavy atom. The maximum absolute atomic E-state index is 5.43. The fraction of sp³-hybridized carbons (Fsp3) is 0.667. The molecule has 1 saturated heterocycles. The summed E-state index contributed by atoms with van der Waals surface area (Å²) < 4.78 is 5.43. The molecule has 1 saturated carbocycles. The second-order valence-electron chi connectivity index (χ2n) is 6.69. The predicted molar refractivity (Wildman–Crippen MR) is 83.4 cm³/mol. The summed E-state index contributed by atoms with van der Waals surface area (Å²) in [5.41, 5.74) is 1.84. The van der Waals surface area contributed by atoms with E-state index in [0.29, 0.717) is 5.41 Å². The predicted octanol–water partition coefficient (Wildman–Crippen LogP) is 3.85. The van der Waals surface area contributed by atoms with Gasteiger partial charge in [0.15, 0.2) is 0 Å². The van der Waals surface area contributed by atoms with Gasteiger partial charge >= 0.3 is 0 Å². The Morgan fingerprint density at radius 1 is 1.35 bits per heavy atom. The van der Waals surface area contributed by atoms with Crippen LogP contribution in [0.4, 0.5) is 0 Å². The molecule has 0 amide bonds. The highest BCUT2D eigenvalue weighted by molar-refractivity contribution is 5.35. The first-order chi connectivity index (χ1) is 9.75. The molecule has 0 bridgehead atoms. The van der Waals surface area contributed by atoms with Gasteiger partial charge in [-0.15, -0.1) is 0 Å². The number of benzene rings is 1. The summed E-state index contributed by atoms with van der Waals surface area (Å²) in [7, 11) is 1.76. The number of methoxy groups -OCH3 is 1. The van der Waals surface area contributed by atoms with Crippen LogP contribution in [0.1, 0.15) is 44.6 Å². The second-order valence-corrected chi connectivity index (χ2v) is 6.69. The Morgan fingerprint density at radius 3 is 2.90 bits per heavy atom. The Labute approximate surface area is 123 Å². The molecular formula is C18H27NO. The Balaban J connectivity index is 1.79. The standard InChI is InChI=1S/C18H27NO/c1-3-9-18(16-5-4-6-17(12-16)20-2)10-11-19(14-18)13-15-7-8-15/h4-6,12,15H,3,7-11,13-14H2,1-2H3/t18-/m0/s1. The van der Waals surface area contributed by atoms with Crippen molar-refractivity contribution in [2.24, 2.45) is 5.92 Å². The van der Waals surface area contributed by atoms with Crippen LogP contribution in [0.25, 0.3) is 0 Å². The van der Waals surface area contributed by atoms with Crippen molar-refractivity contribution in [3.63, 3.8) is 0 Å². The maximum Gasteiger partial charge on any atom is 0.119 e. The second kappa shape index (κ2) is 5.77. The molecule has 1 aliphatic heterocycles. The summed E-state index contributed by atoms with van der Waals surface area (Å²) in [6.07, 6.45) is 6.77. The minimum atomic E-state index is 0.359. The van der Waals surface area contributed by atoms with E-state index in [1.165, 1.54) is 57.3 Å². The molecule has 20 heavy (non-hydrogen) atoms. The van der Waals surface area contributed by atoms with Crippen molar-refractivity contribution in [1.29, 1.82) is 0 Å². The van der Waals surface area contributed by atoms with E-state index < -0.39 is 0 Å². The number of ether oxygens (including phenoxy) is 1. The van der Waals surface area contributed by atoms with Crippen molar-refractivity contribution in [2.75, 3.05) is 26.7 Å². The molecule has 0 unspecified atom stereocenters. The van der Waals surface area contributed by atoms with E-state index in [1.807, 2.05) is 0 Å². The molecule has 0 aromatic heterocycles. The lowest BCUT2D eigenvalue weighted by Gasteiger charge is -2.30. The van der Waals surface area contributed by atoms with Gasteiger partial charge in [0.25, 0.3) is 0 Å². The van der Waals surface area contributed by atoms with E-state index in [2.05, 4.69) is 36.1 Å². The van der Waals surface area contributed by atoms with Gasteiger partial charge in [-0.1, -0.05) is 25.5 Å². The average molecular weight is 273 g/mol. The SMILES string of the molecule is CCC[C@]1(c2cccc(OC)c2)CCN(CC2CC2)C1. The average Bonchev–Trinajstić information content (AvgIpc) is 3.19. The molecule has 1 aromatic carbocycles. The van der Waals surface area contributed by atoms with Gasteiger partial charge in [0.05, 0.1) is 7.11 Å². The monoisotopic (exact) mass is 273 g/mol. The minimum absolute atomic E-state index is 0.359. The minimum Gasteiger partial charge on any atom is -0.497 e. The zero-order valence-electron chi connectivity index (χ0n) is 12.9. The highest BCUT2D eigenvalue weighted by atomic mass is 16.5. The van der Waals surface area contributed by atoms with Crippen LogP contribution < -0.4 is 4.74 Å². The van der Waals surface area contributed by atoms with Gasteiger partial charge in [-0.2, -0.15) is 0 Å². The summed E-state index contributed by atoms with van der Waals surface area (Å²) in [5.74, 6) is 2.00. The first-order valence-corrected chi connectivity index (χ1v) is 8.12. The Bertz CT molecular complexity index is 454. The van der Waals surface area contributed by atoms with E-state index in [1.54, 1.807) is 7.11 Å². The lowest BCUT2D eigenvalue weighted by molar-refractivity contribution is 0.290. The Kier molecular flexibility index (Phi) is 4.02. The van der Waals surface area contributed by atoms with Crippen LogP contribution >= 0.6 is 0 Å². The van der Waals surface area contributed by atoms with Gasteiger partial charge in [0.2, 0.25) is 0 Å². The van der Waals surface area contributed by atoms with E-state index in [0.717, 1.165) is 11.7 Å². The third kappa shape index (κ3) is 2.85. The summed E-state index contributed by atoms with van der Waals surface area (Å²) in [5, 5.41) is 0. The number of hydrogen-bond acceptors (Lipinski definition) is 2. The fourth-order valence-corrected chi connectivity index (χ4v) is 3.80. The van der Waals surface area contributed by atoms with E-state index in [-0.39, 0.29) is 0 Å². The van der Waals surface area contributed by atoms with Crippen LogP contribution in [0.15, 0.2) is 24.3 Å². The maximum atomic E-state index is 5.43. The number of likely N-dealkylation sites (tertiary alicyclic amines) is 1. The van der Waals surface area contributed by atoms with E-state index in [9.17, 15) is 0 Å². The topological polar surface area (TPSA) is 12.5 Å².